The van der Waals surface area contributed by atoms with Crippen LogP contribution >= 0.6 is 0 Å². The highest BCUT2D eigenvalue weighted by molar-refractivity contribution is 5.94. The van der Waals surface area contributed by atoms with E-state index in [1.165, 1.54) is 23.9 Å². The minimum atomic E-state index is -1.51. The summed E-state index contributed by atoms with van der Waals surface area (Å²) in [6.07, 6.45) is 0.188. The first-order valence-electron chi connectivity index (χ1n) is 9.07. The predicted molar refractivity (Wildman–Crippen MR) is 106 cm³/mol. The summed E-state index contributed by atoms with van der Waals surface area (Å²) in [7, 11) is 1.70. The third kappa shape index (κ3) is 4.57. The van der Waals surface area contributed by atoms with Crippen molar-refractivity contribution in [2.24, 2.45) is 7.05 Å². The van der Waals surface area contributed by atoms with Crippen molar-refractivity contribution in [1.29, 1.82) is 0 Å². The van der Waals surface area contributed by atoms with E-state index in [9.17, 15) is 19.1 Å². The number of aryl methyl sites for hydroxylation is 2. The van der Waals surface area contributed by atoms with E-state index in [2.05, 4.69) is 15.5 Å². The Bertz CT molecular complexity index is 1070. The fraction of sp³-hybridized carbons (Fsp3) is 0.300. The Hall–Kier alpha value is -3.33. The summed E-state index contributed by atoms with van der Waals surface area (Å²) >= 11 is 0. The Morgan fingerprint density at radius 2 is 2.00 bits per heavy atom. The molecule has 29 heavy (non-hydrogen) atoms. The Morgan fingerprint density at radius 3 is 2.59 bits per heavy atom. The number of halogens is 1. The summed E-state index contributed by atoms with van der Waals surface area (Å²) in [4.78, 5) is 25.5. The minimum absolute atomic E-state index is 0.168. The lowest BCUT2D eigenvalue weighted by Crippen LogP contribution is -2.39. The number of nitrogens with zero attached hydrogens (tertiary/aromatic N) is 4. The van der Waals surface area contributed by atoms with E-state index in [0.29, 0.717) is 11.4 Å². The van der Waals surface area contributed by atoms with Gasteiger partial charge < -0.3 is 10.4 Å². The highest BCUT2D eigenvalue weighted by Gasteiger charge is 2.20. The van der Waals surface area contributed by atoms with E-state index >= 15 is 0 Å². The Labute approximate surface area is 166 Å². The first-order valence-corrected chi connectivity index (χ1v) is 9.07. The average Bonchev–Trinajstić information content (AvgIpc) is 3.12. The summed E-state index contributed by atoms with van der Waals surface area (Å²) in [5.41, 5.74) is 1.78. The van der Waals surface area contributed by atoms with E-state index < -0.39 is 23.7 Å². The number of aliphatic hydroxyl groups excluding tert-OH is 1. The Morgan fingerprint density at radius 1 is 1.31 bits per heavy atom. The Kier molecular flexibility index (Phi) is 5.88. The number of hydrogen-bond acceptors (Lipinski definition) is 5. The summed E-state index contributed by atoms with van der Waals surface area (Å²) in [6.45, 7) is 2.82. The monoisotopic (exact) mass is 399 g/mol. The van der Waals surface area contributed by atoms with E-state index in [0.717, 1.165) is 15.8 Å². The number of amides is 1. The molecule has 1 amide bonds. The van der Waals surface area contributed by atoms with Crippen LogP contribution < -0.4 is 10.9 Å². The largest absolute Gasteiger partial charge is 0.388 e. The van der Waals surface area contributed by atoms with Crippen LogP contribution in [0.25, 0.3) is 16.9 Å². The van der Waals surface area contributed by atoms with Crippen molar-refractivity contribution in [1.82, 2.24) is 24.9 Å². The molecule has 2 heterocycles. The van der Waals surface area contributed by atoms with Crippen LogP contribution in [0.2, 0.25) is 0 Å². The third-order valence-corrected chi connectivity index (χ3v) is 4.44. The third-order valence-electron chi connectivity index (χ3n) is 4.44. The first-order chi connectivity index (χ1) is 13.8. The zero-order valence-corrected chi connectivity index (χ0v) is 16.3. The molecular formula is C20H22FN5O3. The molecule has 1 aromatic carbocycles. The number of alkyl halides is 1. The molecule has 0 aliphatic heterocycles. The SMILES string of the molecule is Cc1ccc(-c2cc(C(=O)NCC(O)C(C)F)c(=O)n(-c3cnn(C)c3)n2)cc1. The highest BCUT2D eigenvalue weighted by Crippen LogP contribution is 2.18. The number of carbonyl (C=O) groups excluding carboxylic acids is 1. The van der Waals surface area contributed by atoms with Gasteiger partial charge in [0.05, 0.1) is 18.1 Å². The van der Waals surface area contributed by atoms with Gasteiger partial charge in [-0.25, -0.2) is 4.39 Å². The summed E-state index contributed by atoms with van der Waals surface area (Å²) in [5.74, 6) is -0.719. The Balaban J connectivity index is 2.06. The van der Waals surface area contributed by atoms with E-state index in [4.69, 9.17) is 0 Å². The van der Waals surface area contributed by atoms with Crippen LogP contribution in [0.5, 0.6) is 0 Å². The number of aliphatic hydroxyl groups is 1. The van der Waals surface area contributed by atoms with E-state index in [-0.39, 0.29) is 12.1 Å². The number of benzene rings is 1. The molecule has 8 nitrogen and oxygen atoms in total. The summed E-state index contributed by atoms with van der Waals surface area (Å²) < 4.78 is 15.8. The van der Waals surface area contributed by atoms with Gasteiger partial charge in [0, 0.05) is 19.2 Å². The van der Waals surface area contributed by atoms with Gasteiger partial charge in [-0.15, -0.1) is 0 Å². The molecule has 3 rings (SSSR count). The predicted octanol–water partition coefficient (Wildman–Crippen LogP) is 1.39. The fourth-order valence-electron chi connectivity index (χ4n) is 2.67. The summed E-state index contributed by atoms with van der Waals surface area (Å²) in [5, 5.41) is 20.4. The molecule has 9 heteroatoms. The van der Waals surface area contributed by atoms with Crippen molar-refractivity contribution in [3.8, 4) is 16.9 Å². The van der Waals surface area contributed by atoms with Gasteiger partial charge in [-0.2, -0.15) is 14.9 Å². The van der Waals surface area contributed by atoms with Crippen molar-refractivity contribution in [3.05, 3.63) is 64.2 Å². The lowest BCUT2D eigenvalue weighted by molar-refractivity contribution is 0.0759. The maximum absolute atomic E-state index is 13.1. The maximum Gasteiger partial charge on any atom is 0.284 e. The molecule has 2 unspecified atom stereocenters. The van der Waals surface area contributed by atoms with Crippen molar-refractivity contribution in [3.63, 3.8) is 0 Å². The summed E-state index contributed by atoms with van der Waals surface area (Å²) in [6, 6.07) is 8.86. The lowest BCUT2D eigenvalue weighted by Gasteiger charge is -2.13. The smallest absolute Gasteiger partial charge is 0.284 e. The standard InChI is InChI=1S/C20H22FN5O3/c1-12-4-6-14(7-5-12)17-8-16(19(28)22-10-18(27)13(2)21)20(29)26(24-17)15-9-23-25(3)11-15/h4-9,11,13,18,27H,10H2,1-3H3,(H,22,28). The normalized spacial score (nSPS) is 13.1. The molecular weight excluding hydrogens is 377 g/mol. The number of hydrogen-bond donors (Lipinski definition) is 2. The molecule has 2 N–H and O–H groups in total. The van der Waals surface area contributed by atoms with Crippen molar-refractivity contribution in [2.75, 3.05) is 6.54 Å². The maximum atomic E-state index is 13.1. The molecule has 152 valence electrons. The molecule has 0 spiro atoms. The lowest BCUT2D eigenvalue weighted by atomic mass is 10.1. The number of nitrogens with one attached hydrogen (secondary N) is 1. The van der Waals surface area contributed by atoms with Crippen molar-refractivity contribution in [2.45, 2.75) is 26.1 Å². The topological polar surface area (TPSA) is 102 Å². The van der Waals surface area contributed by atoms with E-state index in [1.54, 1.807) is 13.2 Å². The van der Waals surface area contributed by atoms with Crippen LogP contribution in [0, 0.1) is 6.92 Å². The molecule has 2 atom stereocenters. The van der Waals surface area contributed by atoms with Gasteiger partial charge in [0.25, 0.3) is 11.5 Å². The molecule has 2 aromatic heterocycles. The number of carbonyl (C=O) groups is 1. The molecule has 0 fully saturated rings. The van der Waals surface area contributed by atoms with Gasteiger partial charge in [0.1, 0.15) is 23.5 Å². The quantitative estimate of drug-likeness (QED) is 0.652. The number of rotatable bonds is 6. The van der Waals surface area contributed by atoms with E-state index in [1.807, 2.05) is 31.2 Å². The van der Waals surface area contributed by atoms with Gasteiger partial charge in [0.15, 0.2) is 0 Å². The van der Waals surface area contributed by atoms with Gasteiger partial charge in [-0.3, -0.25) is 14.3 Å². The highest BCUT2D eigenvalue weighted by atomic mass is 19.1. The zero-order chi connectivity index (χ0) is 21.1. The molecule has 0 aliphatic carbocycles. The molecule has 0 aliphatic rings. The van der Waals surface area contributed by atoms with Gasteiger partial charge in [-0.1, -0.05) is 29.8 Å². The minimum Gasteiger partial charge on any atom is -0.388 e. The second-order valence-corrected chi connectivity index (χ2v) is 6.85. The van der Waals surface area contributed by atoms with Crippen LogP contribution in [0.4, 0.5) is 4.39 Å². The molecule has 0 saturated heterocycles. The molecule has 0 bridgehead atoms. The van der Waals surface area contributed by atoms with Gasteiger partial charge in [0.2, 0.25) is 0 Å². The molecule has 0 radical (unpaired) electrons. The second kappa shape index (κ2) is 8.36. The van der Waals surface area contributed by atoms with Crippen molar-refractivity contribution < 1.29 is 14.3 Å². The number of aromatic nitrogens is 4. The molecule has 3 aromatic rings. The van der Waals surface area contributed by atoms with Gasteiger partial charge in [-0.05, 0) is 19.9 Å². The van der Waals surface area contributed by atoms with Gasteiger partial charge >= 0.3 is 0 Å². The van der Waals surface area contributed by atoms with Crippen LogP contribution in [0.3, 0.4) is 0 Å². The average molecular weight is 399 g/mol. The molecule has 0 saturated carbocycles. The van der Waals surface area contributed by atoms with Crippen LogP contribution in [0.15, 0.2) is 47.5 Å². The van der Waals surface area contributed by atoms with Crippen LogP contribution in [-0.4, -0.2) is 49.4 Å². The van der Waals surface area contributed by atoms with Crippen molar-refractivity contribution >= 4 is 5.91 Å². The fourth-order valence-corrected chi connectivity index (χ4v) is 2.67. The van der Waals surface area contributed by atoms with Crippen LogP contribution in [-0.2, 0) is 7.05 Å². The second-order valence-electron chi connectivity index (χ2n) is 6.85. The first kappa shape index (κ1) is 20.4. The zero-order valence-electron chi connectivity index (χ0n) is 16.3. The van der Waals surface area contributed by atoms with Crippen LogP contribution in [0.1, 0.15) is 22.8 Å².